The fraction of sp³-hybridized carbons (Fsp3) is 0.171. The Morgan fingerprint density at radius 3 is 2.00 bits per heavy atom. The van der Waals surface area contributed by atoms with Crippen molar-refractivity contribution in [1.82, 2.24) is 24.9 Å². The van der Waals surface area contributed by atoms with Gasteiger partial charge in [0, 0.05) is 47.2 Å². The Bertz CT molecular complexity index is 1880. The quantitative estimate of drug-likeness (QED) is 0.189. The van der Waals surface area contributed by atoms with Crippen molar-refractivity contribution in [2.75, 3.05) is 24.9 Å². The highest BCUT2D eigenvalue weighted by atomic mass is 16.5. The minimum atomic E-state index is 0.539. The number of rotatable bonds is 9. The third-order valence-corrected chi connectivity index (χ3v) is 7.42. The summed E-state index contributed by atoms with van der Waals surface area (Å²) >= 11 is 0. The van der Waals surface area contributed by atoms with Crippen LogP contribution in [0.4, 0.5) is 11.6 Å². The molecule has 0 amide bonds. The van der Waals surface area contributed by atoms with Gasteiger partial charge in [-0.15, -0.1) is 0 Å². The van der Waals surface area contributed by atoms with E-state index in [0.29, 0.717) is 36.4 Å². The van der Waals surface area contributed by atoms with Crippen LogP contribution in [0, 0.1) is 13.8 Å². The van der Waals surface area contributed by atoms with E-state index in [0.717, 1.165) is 56.0 Å². The molecule has 0 radical (unpaired) electrons. The van der Waals surface area contributed by atoms with E-state index in [-0.39, 0.29) is 0 Å². The normalized spacial score (nSPS) is 11.0. The molecule has 0 fully saturated rings. The van der Waals surface area contributed by atoms with Gasteiger partial charge in [-0.25, -0.2) is 4.98 Å². The molecule has 3 aromatic carbocycles. The maximum atomic E-state index is 6.09. The van der Waals surface area contributed by atoms with Crippen molar-refractivity contribution < 1.29 is 9.47 Å². The number of pyridine rings is 2. The zero-order valence-electron chi connectivity index (χ0n) is 25.2. The van der Waals surface area contributed by atoms with Gasteiger partial charge in [-0.2, -0.15) is 9.97 Å². The molecule has 0 saturated heterocycles. The molecule has 6 rings (SSSR count). The SMILES string of the molecule is COc1ccc(CN(Cc2ccc(OC)cc2)c2nc(C)nc(-c3cccnc3-c3cc4cc(N)ccc4nc3C)n2)cc1. The van der Waals surface area contributed by atoms with Crippen LogP contribution in [0.25, 0.3) is 33.5 Å². The van der Waals surface area contributed by atoms with Gasteiger partial charge < -0.3 is 20.1 Å². The summed E-state index contributed by atoms with van der Waals surface area (Å²) < 4.78 is 10.7. The van der Waals surface area contributed by atoms with E-state index in [2.05, 4.69) is 35.2 Å². The third-order valence-electron chi connectivity index (χ3n) is 7.42. The van der Waals surface area contributed by atoms with Gasteiger partial charge in [0.15, 0.2) is 5.82 Å². The number of hydrogen-bond acceptors (Lipinski definition) is 9. The molecule has 2 N–H and O–H groups in total. The number of anilines is 2. The number of nitrogens with zero attached hydrogens (tertiary/aromatic N) is 6. The fourth-order valence-electron chi connectivity index (χ4n) is 5.16. The standard InChI is InChI=1S/C35H33N7O2/c1-22-31(19-26-18-27(36)11-16-32(26)38-22)33-30(6-5-17-37-33)34-39-23(2)40-35(41-34)42(20-24-7-12-28(43-3)13-8-24)21-25-9-14-29(44-4)15-10-25/h5-19H,20-21,36H2,1-4H3. The Labute approximate surface area is 256 Å². The lowest BCUT2D eigenvalue weighted by Crippen LogP contribution is -2.25. The van der Waals surface area contributed by atoms with Crippen LogP contribution < -0.4 is 20.1 Å². The average molecular weight is 584 g/mol. The molecule has 0 aliphatic carbocycles. The number of nitrogens with two attached hydrogens (primary N) is 1. The number of aromatic nitrogens is 5. The molecule has 0 aliphatic rings. The highest BCUT2D eigenvalue weighted by Crippen LogP contribution is 2.33. The highest BCUT2D eigenvalue weighted by Gasteiger charge is 2.19. The number of hydrogen-bond donors (Lipinski definition) is 1. The van der Waals surface area contributed by atoms with Crippen molar-refractivity contribution in [3.05, 3.63) is 114 Å². The number of ether oxygens (including phenoxy) is 2. The summed E-state index contributed by atoms with van der Waals surface area (Å²) in [7, 11) is 3.33. The van der Waals surface area contributed by atoms with Crippen LogP contribution in [0.15, 0.2) is 91.1 Å². The zero-order chi connectivity index (χ0) is 30.6. The minimum Gasteiger partial charge on any atom is -0.497 e. The smallest absolute Gasteiger partial charge is 0.229 e. The van der Waals surface area contributed by atoms with Gasteiger partial charge in [0.1, 0.15) is 17.3 Å². The minimum absolute atomic E-state index is 0.539. The second-order valence-electron chi connectivity index (χ2n) is 10.5. The molecule has 0 atom stereocenters. The summed E-state index contributed by atoms with van der Waals surface area (Å²) in [6.07, 6.45) is 1.77. The molecule has 6 aromatic rings. The summed E-state index contributed by atoms with van der Waals surface area (Å²) in [5.41, 5.74) is 13.1. The predicted molar refractivity (Wildman–Crippen MR) is 174 cm³/mol. The number of aryl methyl sites for hydroxylation is 2. The molecular weight excluding hydrogens is 550 g/mol. The van der Waals surface area contributed by atoms with Gasteiger partial charge in [0.2, 0.25) is 5.95 Å². The van der Waals surface area contributed by atoms with E-state index in [1.807, 2.05) is 68.4 Å². The molecule has 0 unspecified atom stereocenters. The van der Waals surface area contributed by atoms with Crippen LogP contribution in [0.5, 0.6) is 11.5 Å². The summed E-state index contributed by atoms with van der Waals surface area (Å²) in [5.74, 6) is 3.32. The number of nitrogen functional groups attached to an aromatic ring is 1. The Hall–Kier alpha value is -5.57. The summed E-state index contributed by atoms with van der Waals surface area (Å²) in [4.78, 5) is 26.4. The number of fused-ring (bicyclic) bond motifs is 1. The fourth-order valence-corrected chi connectivity index (χ4v) is 5.16. The molecule has 0 aliphatic heterocycles. The Morgan fingerprint density at radius 2 is 1.36 bits per heavy atom. The molecule has 0 spiro atoms. The van der Waals surface area contributed by atoms with Crippen molar-refractivity contribution >= 4 is 22.5 Å². The van der Waals surface area contributed by atoms with Crippen LogP contribution in [-0.4, -0.2) is 39.1 Å². The molecule has 44 heavy (non-hydrogen) atoms. The van der Waals surface area contributed by atoms with Crippen LogP contribution in [0.1, 0.15) is 22.6 Å². The lowest BCUT2D eigenvalue weighted by molar-refractivity contribution is 0.414. The molecule has 0 bridgehead atoms. The van der Waals surface area contributed by atoms with Crippen LogP contribution >= 0.6 is 0 Å². The predicted octanol–water partition coefficient (Wildman–Crippen LogP) is 6.57. The van der Waals surface area contributed by atoms with Gasteiger partial charge in [0.25, 0.3) is 0 Å². The number of methoxy groups -OCH3 is 2. The van der Waals surface area contributed by atoms with Gasteiger partial charge in [-0.1, -0.05) is 24.3 Å². The second kappa shape index (κ2) is 12.3. The van der Waals surface area contributed by atoms with Crippen molar-refractivity contribution in [3.8, 4) is 34.1 Å². The molecule has 3 heterocycles. The zero-order valence-corrected chi connectivity index (χ0v) is 25.2. The molecule has 3 aromatic heterocycles. The van der Waals surface area contributed by atoms with Crippen LogP contribution in [0.3, 0.4) is 0 Å². The van der Waals surface area contributed by atoms with E-state index in [1.165, 1.54) is 0 Å². The third kappa shape index (κ3) is 6.12. The first kappa shape index (κ1) is 28.5. The first-order chi connectivity index (χ1) is 21.4. The molecule has 9 nitrogen and oxygen atoms in total. The summed E-state index contributed by atoms with van der Waals surface area (Å²) in [5, 5.41) is 0.944. The van der Waals surface area contributed by atoms with Gasteiger partial charge in [-0.3, -0.25) is 9.97 Å². The Morgan fingerprint density at radius 1 is 0.705 bits per heavy atom. The largest absolute Gasteiger partial charge is 0.497 e. The van der Waals surface area contributed by atoms with Crippen molar-refractivity contribution in [1.29, 1.82) is 0 Å². The van der Waals surface area contributed by atoms with Gasteiger partial charge >= 0.3 is 0 Å². The van der Waals surface area contributed by atoms with Gasteiger partial charge in [-0.05, 0) is 85.6 Å². The Balaban J connectivity index is 1.43. The van der Waals surface area contributed by atoms with Crippen molar-refractivity contribution in [2.24, 2.45) is 0 Å². The molecule has 0 saturated carbocycles. The van der Waals surface area contributed by atoms with E-state index in [4.69, 9.17) is 40.1 Å². The second-order valence-corrected chi connectivity index (χ2v) is 10.5. The lowest BCUT2D eigenvalue weighted by atomic mass is 10.0. The molecule has 220 valence electrons. The van der Waals surface area contributed by atoms with Crippen LogP contribution in [0.2, 0.25) is 0 Å². The van der Waals surface area contributed by atoms with E-state index in [1.54, 1.807) is 20.4 Å². The first-order valence-electron chi connectivity index (χ1n) is 14.3. The van der Waals surface area contributed by atoms with E-state index >= 15 is 0 Å². The highest BCUT2D eigenvalue weighted by molar-refractivity contribution is 5.89. The maximum Gasteiger partial charge on any atom is 0.229 e. The first-order valence-corrected chi connectivity index (χ1v) is 14.3. The summed E-state index contributed by atoms with van der Waals surface area (Å²) in [6, 6.07) is 27.7. The molecular formula is C35H33N7O2. The number of benzene rings is 3. The Kier molecular flexibility index (Phi) is 8.01. The van der Waals surface area contributed by atoms with Crippen molar-refractivity contribution in [3.63, 3.8) is 0 Å². The molecule has 9 heteroatoms. The van der Waals surface area contributed by atoms with Crippen LogP contribution in [-0.2, 0) is 13.1 Å². The van der Waals surface area contributed by atoms with E-state index in [9.17, 15) is 0 Å². The summed E-state index contributed by atoms with van der Waals surface area (Å²) in [6.45, 7) is 5.02. The monoisotopic (exact) mass is 583 g/mol. The lowest BCUT2D eigenvalue weighted by Gasteiger charge is -2.24. The maximum absolute atomic E-state index is 6.09. The topological polar surface area (TPSA) is 112 Å². The van der Waals surface area contributed by atoms with E-state index < -0.39 is 0 Å². The van der Waals surface area contributed by atoms with Crippen molar-refractivity contribution in [2.45, 2.75) is 26.9 Å². The van der Waals surface area contributed by atoms with Gasteiger partial charge in [0.05, 0.1) is 25.4 Å². The average Bonchev–Trinajstić information content (AvgIpc) is 3.04.